The number of rotatable bonds is 10. The van der Waals surface area contributed by atoms with Crippen LogP contribution in [0.2, 0.25) is 0 Å². The highest BCUT2D eigenvalue weighted by molar-refractivity contribution is 14.0. The second kappa shape index (κ2) is 15.4. The van der Waals surface area contributed by atoms with Crippen molar-refractivity contribution >= 4 is 29.9 Å². The Morgan fingerprint density at radius 3 is 2.52 bits per heavy atom. The topological polar surface area (TPSA) is 48.9 Å². The number of nitrogens with zero attached hydrogens (tertiary/aromatic N) is 2. The number of piperidine rings is 1. The van der Waals surface area contributed by atoms with Gasteiger partial charge in [-0.2, -0.15) is 0 Å². The van der Waals surface area contributed by atoms with Crippen molar-refractivity contribution in [1.82, 2.24) is 15.5 Å². The zero-order chi connectivity index (χ0) is 16.0. The first-order valence-corrected chi connectivity index (χ1v) is 9.04. The van der Waals surface area contributed by atoms with Gasteiger partial charge in [0.1, 0.15) is 0 Å². The number of hydrogen-bond donors (Lipinski definition) is 2. The van der Waals surface area contributed by atoms with E-state index in [1.165, 1.54) is 32.4 Å². The number of hydrogen-bond acceptors (Lipinski definition) is 3. The molecule has 1 heterocycles. The van der Waals surface area contributed by atoms with Crippen molar-refractivity contribution in [3.8, 4) is 0 Å². The monoisotopic (exact) mass is 440 g/mol. The average Bonchev–Trinajstić information content (AvgIpc) is 2.51. The van der Waals surface area contributed by atoms with Gasteiger partial charge in [-0.25, -0.2) is 0 Å². The summed E-state index contributed by atoms with van der Waals surface area (Å²) in [4.78, 5) is 7.17. The normalized spacial score (nSPS) is 16.3. The van der Waals surface area contributed by atoms with E-state index in [0.717, 1.165) is 51.8 Å². The van der Waals surface area contributed by atoms with Crippen LogP contribution >= 0.6 is 24.0 Å². The highest BCUT2D eigenvalue weighted by Gasteiger charge is 2.08. The number of guanidine groups is 1. The zero-order valence-corrected chi connectivity index (χ0v) is 17.6. The minimum Gasteiger partial charge on any atom is -0.380 e. The van der Waals surface area contributed by atoms with Gasteiger partial charge in [0.05, 0.1) is 13.2 Å². The van der Waals surface area contributed by atoms with E-state index in [1.54, 1.807) is 0 Å². The van der Waals surface area contributed by atoms with Gasteiger partial charge in [-0.1, -0.05) is 20.3 Å². The maximum absolute atomic E-state index is 5.62. The number of likely N-dealkylation sites (tertiary alicyclic amines) is 1. The van der Waals surface area contributed by atoms with Crippen LogP contribution in [0.3, 0.4) is 0 Å². The molecule has 1 rings (SSSR count). The molecule has 1 aliphatic rings. The molecule has 0 radical (unpaired) electrons. The first-order chi connectivity index (χ1) is 10.7. The molecule has 23 heavy (non-hydrogen) atoms. The Labute approximate surface area is 160 Å². The first-order valence-electron chi connectivity index (χ1n) is 9.04. The van der Waals surface area contributed by atoms with Crippen LogP contribution in [0, 0.1) is 5.92 Å². The van der Waals surface area contributed by atoms with Crippen LogP contribution in [-0.2, 0) is 4.74 Å². The van der Waals surface area contributed by atoms with Crippen molar-refractivity contribution in [2.45, 2.75) is 46.5 Å². The maximum atomic E-state index is 5.62. The third kappa shape index (κ3) is 12.9. The van der Waals surface area contributed by atoms with Gasteiger partial charge >= 0.3 is 0 Å². The molecule has 1 fully saturated rings. The van der Waals surface area contributed by atoms with Crippen molar-refractivity contribution in [2.24, 2.45) is 10.9 Å². The van der Waals surface area contributed by atoms with Crippen LogP contribution in [0.5, 0.6) is 0 Å². The van der Waals surface area contributed by atoms with E-state index in [2.05, 4.69) is 41.3 Å². The van der Waals surface area contributed by atoms with Crippen molar-refractivity contribution in [2.75, 3.05) is 52.5 Å². The van der Waals surface area contributed by atoms with Crippen LogP contribution in [-0.4, -0.2) is 63.3 Å². The van der Waals surface area contributed by atoms with Gasteiger partial charge in [0.25, 0.3) is 0 Å². The Morgan fingerprint density at radius 2 is 1.87 bits per heavy atom. The molecule has 0 unspecified atom stereocenters. The highest BCUT2D eigenvalue weighted by atomic mass is 127. The van der Waals surface area contributed by atoms with E-state index < -0.39 is 0 Å². The molecule has 0 amide bonds. The molecule has 0 aromatic carbocycles. The van der Waals surface area contributed by atoms with Crippen LogP contribution in [0.25, 0.3) is 0 Å². The molecule has 1 aliphatic heterocycles. The summed E-state index contributed by atoms with van der Waals surface area (Å²) in [5.74, 6) is 1.62. The minimum absolute atomic E-state index is 0. The lowest BCUT2D eigenvalue weighted by molar-refractivity contribution is 0.128. The lowest BCUT2D eigenvalue weighted by Gasteiger charge is -2.25. The molecule has 0 saturated carbocycles. The molecule has 0 spiro atoms. The molecule has 0 aromatic rings. The predicted molar refractivity (Wildman–Crippen MR) is 110 cm³/mol. The minimum atomic E-state index is 0. The highest BCUT2D eigenvalue weighted by Crippen LogP contribution is 2.07. The fourth-order valence-electron chi connectivity index (χ4n) is 2.49. The van der Waals surface area contributed by atoms with E-state index in [9.17, 15) is 0 Å². The predicted octanol–water partition coefficient (Wildman–Crippen LogP) is 2.71. The SMILES string of the molecule is CCNC(=NCCN1CCCCC1)NCCOCCC(C)C.I. The van der Waals surface area contributed by atoms with Gasteiger partial charge in [-0.15, -0.1) is 24.0 Å². The quantitative estimate of drug-likeness (QED) is 0.237. The Kier molecular flexibility index (Phi) is 15.4. The standard InChI is InChI=1S/C17H36N4O.HI/c1-4-18-17(20-10-15-22-14-8-16(2)3)19-9-13-21-11-6-5-7-12-21;/h16H,4-15H2,1-3H3,(H2,18,19,20);1H. The van der Waals surface area contributed by atoms with E-state index in [0.29, 0.717) is 5.92 Å². The Hall–Kier alpha value is -0.0800. The van der Waals surface area contributed by atoms with E-state index in [4.69, 9.17) is 4.74 Å². The van der Waals surface area contributed by atoms with Gasteiger partial charge < -0.3 is 20.3 Å². The van der Waals surface area contributed by atoms with Crippen LogP contribution in [0.4, 0.5) is 0 Å². The Balaban J connectivity index is 0.00000484. The van der Waals surface area contributed by atoms with Gasteiger partial charge in [0.15, 0.2) is 5.96 Å². The second-order valence-electron chi connectivity index (χ2n) is 6.38. The van der Waals surface area contributed by atoms with Crippen molar-refractivity contribution in [3.05, 3.63) is 0 Å². The van der Waals surface area contributed by atoms with Gasteiger partial charge in [-0.3, -0.25) is 4.99 Å². The molecule has 6 heteroatoms. The lowest BCUT2D eigenvalue weighted by Crippen LogP contribution is -2.40. The van der Waals surface area contributed by atoms with Crippen LogP contribution in [0.1, 0.15) is 46.5 Å². The summed E-state index contributed by atoms with van der Waals surface area (Å²) in [5.41, 5.74) is 0. The number of aliphatic imine (C=N–C) groups is 1. The molecular weight excluding hydrogens is 403 g/mol. The van der Waals surface area contributed by atoms with Crippen molar-refractivity contribution < 1.29 is 4.74 Å². The van der Waals surface area contributed by atoms with Gasteiger partial charge in [0.2, 0.25) is 0 Å². The van der Waals surface area contributed by atoms with Gasteiger partial charge in [0, 0.05) is 26.2 Å². The fraction of sp³-hybridized carbons (Fsp3) is 0.941. The largest absolute Gasteiger partial charge is 0.380 e. The first kappa shape index (κ1) is 22.9. The van der Waals surface area contributed by atoms with E-state index in [-0.39, 0.29) is 24.0 Å². The molecule has 0 atom stereocenters. The lowest BCUT2D eigenvalue weighted by atomic mass is 10.1. The molecule has 2 N–H and O–H groups in total. The Bertz CT molecular complexity index is 294. The van der Waals surface area contributed by atoms with E-state index >= 15 is 0 Å². The van der Waals surface area contributed by atoms with E-state index in [1.807, 2.05) is 0 Å². The summed E-state index contributed by atoms with van der Waals surface area (Å²) >= 11 is 0. The number of halogens is 1. The molecule has 5 nitrogen and oxygen atoms in total. The smallest absolute Gasteiger partial charge is 0.191 e. The van der Waals surface area contributed by atoms with Crippen molar-refractivity contribution in [3.63, 3.8) is 0 Å². The Morgan fingerprint density at radius 1 is 1.13 bits per heavy atom. The summed E-state index contributed by atoms with van der Waals surface area (Å²) < 4.78 is 5.62. The fourth-order valence-corrected chi connectivity index (χ4v) is 2.49. The van der Waals surface area contributed by atoms with Crippen LogP contribution in [0.15, 0.2) is 4.99 Å². The molecule has 0 aliphatic carbocycles. The summed E-state index contributed by atoms with van der Waals surface area (Å²) in [6.07, 6.45) is 5.20. The summed E-state index contributed by atoms with van der Waals surface area (Å²) in [5, 5.41) is 6.64. The summed E-state index contributed by atoms with van der Waals surface area (Å²) in [7, 11) is 0. The van der Waals surface area contributed by atoms with Crippen molar-refractivity contribution in [1.29, 1.82) is 0 Å². The molecule has 0 aromatic heterocycles. The molecule has 1 saturated heterocycles. The summed E-state index contributed by atoms with van der Waals surface area (Å²) in [6.45, 7) is 14.3. The average molecular weight is 440 g/mol. The summed E-state index contributed by atoms with van der Waals surface area (Å²) in [6, 6.07) is 0. The molecule has 138 valence electrons. The number of nitrogens with one attached hydrogen (secondary N) is 2. The van der Waals surface area contributed by atoms with Gasteiger partial charge in [-0.05, 0) is 45.2 Å². The second-order valence-corrected chi connectivity index (χ2v) is 6.38. The maximum Gasteiger partial charge on any atom is 0.191 e. The zero-order valence-electron chi connectivity index (χ0n) is 15.3. The van der Waals surface area contributed by atoms with Crippen LogP contribution < -0.4 is 10.6 Å². The molecule has 0 bridgehead atoms. The third-order valence-electron chi connectivity index (χ3n) is 3.86. The third-order valence-corrected chi connectivity index (χ3v) is 3.86. The number of ether oxygens (including phenoxy) is 1. The molecular formula is C17H37IN4O.